The van der Waals surface area contributed by atoms with E-state index in [-0.39, 0.29) is 11.9 Å². The van der Waals surface area contributed by atoms with Crippen LogP contribution in [0.4, 0.5) is 46.6 Å². The highest BCUT2D eigenvalue weighted by Gasteiger charge is 2.16. The molecule has 0 atom stereocenters. The van der Waals surface area contributed by atoms with Gasteiger partial charge in [-0.3, -0.25) is 5.32 Å². The first kappa shape index (κ1) is 22.0. The fraction of sp³-hybridized carbons (Fsp3) is 0.263. The zero-order chi connectivity index (χ0) is 23.5. The summed E-state index contributed by atoms with van der Waals surface area (Å²) in [6, 6.07) is 5.61. The van der Waals surface area contributed by atoms with Crippen LogP contribution in [-0.2, 0) is 6.54 Å². The molecule has 5 N–H and O–H groups in total. The highest BCUT2D eigenvalue weighted by atomic mass is 32.1. The highest BCUT2D eigenvalue weighted by Crippen LogP contribution is 2.29. The van der Waals surface area contributed by atoms with E-state index in [1.807, 2.05) is 49.4 Å². The summed E-state index contributed by atoms with van der Waals surface area (Å²) in [6.45, 7) is 0.572. The van der Waals surface area contributed by atoms with E-state index in [0.29, 0.717) is 36.2 Å². The number of nitrogens with one attached hydrogen (secondary N) is 1. The summed E-state index contributed by atoms with van der Waals surface area (Å²) in [6.07, 6.45) is 1.58. The van der Waals surface area contributed by atoms with E-state index in [2.05, 4.69) is 35.2 Å². The molecular formula is C19H24N12OS. The number of nitrogens with two attached hydrogens (primary N) is 2. The average Bonchev–Trinajstić information content (AvgIpc) is 3.44. The minimum Gasteiger partial charge on any atom is -0.449 e. The summed E-state index contributed by atoms with van der Waals surface area (Å²) >= 11 is 1.55. The fourth-order valence-electron chi connectivity index (χ4n) is 2.85. The Labute approximate surface area is 194 Å². The van der Waals surface area contributed by atoms with E-state index in [4.69, 9.17) is 15.9 Å². The summed E-state index contributed by atoms with van der Waals surface area (Å²) in [5, 5.41) is 6.03. The quantitative estimate of drug-likeness (QED) is 0.344. The molecule has 0 saturated carbocycles. The summed E-state index contributed by atoms with van der Waals surface area (Å²) in [7, 11) is 7.50. The van der Waals surface area contributed by atoms with E-state index < -0.39 is 0 Å². The second-order valence-electron chi connectivity index (χ2n) is 7.32. The molecule has 0 saturated heterocycles. The van der Waals surface area contributed by atoms with Crippen LogP contribution < -0.4 is 31.5 Å². The lowest BCUT2D eigenvalue weighted by Crippen LogP contribution is -2.22. The van der Waals surface area contributed by atoms with E-state index in [1.165, 1.54) is 0 Å². The van der Waals surface area contributed by atoms with Crippen LogP contribution in [0.3, 0.4) is 0 Å². The van der Waals surface area contributed by atoms with Crippen molar-refractivity contribution in [2.45, 2.75) is 6.54 Å². The number of rotatable bonds is 8. The van der Waals surface area contributed by atoms with Gasteiger partial charge in [0, 0.05) is 40.8 Å². The number of thiophene rings is 1. The summed E-state index contributed by atoms with van der Waals surface area (Å²) < 4.78 is 5.34. The first-order valence-corrected chi connectivity index (χ1v) is 10.7. The van der Waals surface area contributed by atoms with Gasteiger partial charge in [-0.2, -0.15) is 29.9 Å². The molecular weight excluding hydrogens is 444 g/mol. The third-order valence-electron chi connectivity index (χ3n) is 4.46. The van der Waals surface area contributed by atoms with Gasteiger partial charge in [0.15, 0.2) is 5.88 Å². The van der Waals surface area contributed by atoms with E-state index in [1.54, 1.807) is 34.6 Å². The van der Waals surface area contributed by atoms with Gasteiger partial charge in [-0.25, -0.2) is 0 Å². The van der Waals surface area contributed by atoms with Gasteiger partial charge in [0.25, 0.3) is 0 Å². The number of furan rings is 1. The smallest absolute Gasteiger partial charge is 0.236 e. The molecule has 0 aliphatic rings. The van der Waals surface area contributed by atoms with Crippen molar-refractivity contribution < 1.29 is 4.42 Å². The molecule has 0 aromatic carbocycles. The molecule has 0 fully saturated rings. The third-order valence-corrected chi connectivity index (χ3v) is 5.51. The molecule has 14 heteroatoms. The molecule has 0 aliphatic heterocycles. The van der Waals surface area contributed by atoms with Crippen molar-refractivity contribution >= 4 is 57.9 Å². The van der Waals surface area contributed by atoms with Crippen LogP contribution in [0.2, 0.25) is 0 Å². The van der Waals surface area contributed by atoms with E-state index in [9.17, 15) is 0 Å². The van der Waals surface area contributed by atoms with Crippen LogP contribution in [0.5, 0.6) is 0 Å². The lowest BCUT2D eigenvalue weighted by Gasteiger charge is -2.19. The van der Waals surface area contributed by atoms with Crippen LogP contribution in [0.15, 0.2) is 34.3 Å². The zero-order valence-electron chi connectivity index (χ0n) is 18.6. The van der Waals surface area contributed by atoms with Gasteiger partial charge in [0.1, 0.15) is 0 Å². The minimum absolute atomic E-state index is 0.0753. The normalized spacial score (nSPS) is 10.8. The standard InChI is InChI=1S/C19H24N12OS/c1-29(2)17-26-16(22-12-6-5-7-32-12)27-18(28-17)30(3)9-11-8-13(33-10-11)31(4)19-24-14(20)23-15(21)25-19/h5-8,10H,9H2,1-4H3,(H,22,26,27,28)(H4,20,21,23,24,25). The Hall–Kier alpha value is -4.20. The Balaban J connectivity index is 1.53. The number of hydrogen-bond acceptors (Lipinski definition) is 14. The monoisotopic (exact) mass is 468 g/mol. The van der Waals surface area contributed by atoms with Crippen LogP contribution >= 0.6 is 11.3 Å². The first-order valence-electron chi connectivity index (χ1n) is 9.81. The van der Waals surface area contributed by atoms with Crippen molar-refractivity contribution in [3.05, 3.63) is 35.4 Å². The molecule has 0 bridgehead atoms. The van der Waals surface area contributed by atoms with Crippen LogP contribution in [0.1, 0.15) is 5.56 Å². The Morgan fingerprint density at radius 1 is 0.939 bits per heavy atom. The van der Waals surface area contributed by atoms with Gasteiger partial charge in [0.05, 0.1) is 11.3 Å². The highest BCUT2D eigenvalue weighted by molar-refractivity contribution is 7.14. The van der Waals surface area contributed by atoms with Gasteiger partial charge >= 0.3 is 0 Å². The molecule has 0 spiro atoms. The molecule has 0 amide bonds. The van der Waals surface area contributed by atoms with Gasteiger partial charge in [-0.1, -0.05) is 0 Å². The molecule has 172 valence electrons. The third kappa shape index (κ3) is 5.17. The first-order chi connectivity index (χ1) is 15.8. The Kier molecular flexibility index (Phi) is 6.08. The van der Waals surface area contributed by atoms with Crippen molar-refractivity contribution in [3.8, 4) is 0 Å². The Bertz CT molecular complexity index is 1210. The van der Waals surface area contributed by atoms with E-state index >= 15 is 0 Å². The molecule has 4 aromatic heterocycles. The van der Waals surface area contributed by atoms with Gasteiger partial charge in [0.2, 0.25) is 35.7 Å². The molecule has 33 heavy (non-hydrogen) atoms. The Morgan fingerprint density at radius 3 is 2.33 bits per heavy atom. The van der Waals surface area contributed by atoms with Gasteiger partial charge in [-0.15, -0.1) is 11.3 Å². The maximum absolute atomic E-state index is 5.69. The molecule has 4 heterocycles. The number of aromatic nitrogens is 6. The number of nitrogen functional groups attached to an aromatic ring is 2. The van der Waals surface area contributed by atoms with Gasteiger partial charge < -0.3 is 30.6 Å². The van der Waals surface area contributed by atoms with Crippen LogP contribution in [0, 0.1) is 0 Å². The topological polar surface area (TPSA) is 164 Å². The fourth-order valence-corrected chi connectivity index (χ4v) is 3.73. The predicted molar refractivity (Wildman–Crippen MR) is 129 cm³/mol. The molecule has 0 aliphatic carbocycles. The number of hydrogen-bond donors (Lipinski definition) is 3. The van der Waals surface area contributed by atoms with Crippen molar-refractivity contribution in [3.63, 3.8) is 0 Å². The van der Waals surface area contributed by atoms with Gasteiger partial charge in [-0.05, 0) is 23.1 Å². The number of anilines is 8. The van der Waals surface area contributed by atoms with E-state index in [0.717, 1.165) is 10.6 Å². The zero-order valence-corrected chi connectivity index (χ0v) is 19.4. The van der Waals surface area contributed by atoms with Crippen LogP contribution in [0.25, 0.3) is 0 Å². The molecule has 0 unspecified atom stereocenters. The van der Waals surface area contributed by atoms with Crippen molar-refractivity contribution in [2.75, 3.05) is 59.7 Å². The second kappa shape index (κ2) is 9.12. The number of nitrogens with zero attached hydrogens (tertiary/aromatic N) is 9. The lowest BCUT2D eigenvalue weighted by atomic mass is 10.3. The predicted octanol–water partition coefficient (Wildman–Crippen LogP) is 2.09. The van der Waals surface area contributed by atoms with Crippen LogP contribution in [-0.4, -0.2) is 58.1 Å². The lowest BCUT2D eigenvalue weighted by molar-refractivity contribution is 0.584. The average molecular weight is 469 g/mol. The largest absolute Gasteiger partial charge is 0.449 e. The van der Waals surface area contributed by atoms with Crippen molar-refractivity contribution in [1.82, 2.24) is 29.9 Å². The second-order valence-corrected chi connectivity index (χ2v) is 8.21. The molecule has 0 radical (unpaired) electrons. The maximum Gasteiger partial charge on any atom is 0.236 e. The Morgan fingerprint density at radius 2 is 1.67 bits per heavy atom. The summed E-state index contributed by atoms with van der Waals surface area (Å²) in [4.78, 5) is 31.2. The minimum atomic E-state index is 0.0753. The maximum atomic E-state index is 5.69. The van der Waals surface area contributed by atoms with Crippen molar-refractivity contribution in [2.24, 2.45) is 0 Å². The SMILES string of the molecule is CN(C)c1nc(Nc2ccco2)nc(N(C)Cc2csc(N(C)c3nc(N)nc(N)n3)c2)n1. The summed E-state index contributed by atoms with van der Waals surface area (Å²) in [5.74, 6) is 2.51. The van der Waals surface area contributed by atoms with Crippen molar-refractivity contribution in [1.29, 1.82) is 0 Å². The summed E-state index contributed by atoms with van der Waals surface area (Å²) in [5.41, 5.74) is 12.4. The molecule has 13 nitrogen and oxygen atoms in total. The molecule has 4 rings (SSSR count). The molecule has 4 aromatic rings.